The van der Waals surface area contributed by atoms with E-state index in [1.165, 1.54) is 11.9 Å². The minimum atomic E-state index is -4.54. The van der Waals surface area contributed by atoms with Crippen molar-refractivity contribution < 1.29 is 27.5 Å². The molecule has 4 aliphatic heterocycles. The predicted octanol–water partition coefficient (Wildman–Crippen LogP) is 7.56. The molecule has 3 N–H and O–H groups in total. The number of aryl methyl sites for hydroxylation is 1. The first-order valence-electron chi connectivity index (χ1n) is 19.9. The fraction of sp³-hybridized carbons (Fsp3) is 0.561. The van der Waals surface area contributed by atoms with Crippen LogP contribution in [0.3, 0.4) is 0 Å². The highest BCUT2D eigenvalue weighted by atomic mass is 35.5. The monoisotopic (exact) mass is 828 g/mol. The Morgan fingerprint density at radius 2 is 1.86 bits per heavy atom. The van der Waals surface area contributed by atoms with Gasteiger partial charge in [-0.15, -0.1) is 0 Å². The second-order valence-corrected chi connectivity index (χ2v) is 17.7. The van der Waals surface area contributed by atoms with E-state index >= 15 is 0 Å². The van der Waals surface area contributed by atoms with Crippen LogP contribution in [0.4, 0.5) is 36.3 Å². The third kappa shape index (κ3) is 10.3. The molecule has 2 amide bonds. The highest BCUT2D eigenvalue weighted by molar-refractivity contribution is 7.97. The molecule has 3 unspecified atom stereocenters. The van der Waals surface area contributed by atoms with E-state index < -0.39 is 17.7 Å². The number of carbonyl (C=O) groups excluding carboxylic acids is 2. The van der Waals surface area contributed by atoms with Crippen molar-refractivity contribution in [1.29, 1.82) is 0 Å². The summed E-state index contributed by atoms with van der Waals surface area (Å²) in [5, 5.41) is 6.14. The molecule has 1 aromatic heterocycles. The molecule has 0 bridgehead atoms. The number of amides is 2. The minimum Gasteiger partial charge on any atom is -0.371 e. The molecule has 0 radical (unpaired) electrons. The van der Waals surface area contributed by atoms with E-state index in [2.05, 4.69) is 49.0 Å². The number of hydrogen-bond acceptors (Lipinski definition) is 11. The van der Waals surface area contributed by atoms with E-state index in [4.69, 9.17) is 16.3 Å². The fourth-order valence-electron chi connectivity index (χ4n) is 8.49. The van der Waals surface area contributed by atoms with Gasteiger partial charge in [0.1, 0.15) is 11.4 Å². The van der Waals surface area contributed by atoms with Crippen LogP contribution in [-0.2, 0) is 20.5 Å². The summed E-state index contributed by atoms with van der Waals surface area (Å²) in [5.41, 5.74) is 2.32. The van der Waals surface area contributed by atoms with Gasteiger partial charge in [0.15, 0.2) is 0 Å². The zero-order valence-electron chi connectivity index (χ0n) is 32.8. The molecular weight excluding hydrogens is 777 g/mol. The molecule has 4 aliphatic rings. The van der Waals surface area contributed by atoms with Crippen LogP contribution in [0.5, 0.6) is 0 Å². The summed E-state index contributed by atoms with van der Waals surface area (Å²) in [5.74, 6) is 0.0329. The second kappa shape index (κ2) is 17.7. The van der Waals surface area contributed by atoms with E-state index in [0.29, 0.717) is 55.9 Å². The zero-order chi connectivity index (χ0) is 40.3. The number of halogens is 4. The molecule has 4 fully saturated rings. The number of morpholine rings is 1. The second-order valence-electron chi connectivity index (χ2n) is 16.3. The number of aromatic nitrogens is 2. The number of ether oxygens (including phenoxy) is 1. The van der Waals surface area contributed by atoms with Gasteiger partial charge in [0.05, 0.1) is 18.1 Å². The van der Waals surface area contributed by atoms with Crippen molar-refractivity contribution in [3.8, 4) is 0 Å². The molecule has 16 heteroatoms. The lowest BCUT2D eigenvalue weighted by atomic mass is 9.90. The van der Waals surface area contributed by atoms with Crippen LogP contribution >= 0.6 is 23.5 Å². The molecule has 0 spiro atoms. The van der Waals surface area contributed by atoms with Crippen LogP contribution in [0.2, 0.25) is 5.02 Å². The van der Waals surface area contributed by atoms with Gasteiger partial charge in [-0.1, -0.05) is 24.6 Å². The van der Waals surface area contributed by atoms with Crippen LogP contribution < -0.4 is 25.2 Å². The molecule has 57 heavy (non-hydrogen) atoms. The number of rotatable bonds is 11. The first kappa shape index (κ1) is 41.5. The summed E-state index contributed by atoms with van der Waals surface area (Å²) in [6.07, 6.45) is 1.11. The van der Waals surface area contributed by atoms with Crippen molar-refractivity contribution in [2.24, 2.45) is 11.8 Å². The van der Waals surface area contributed by atoms with Gasteiger partial charge < -0.3 is 19.9 Å². The maximum absolute atomic E-state index is 13.9. The van der Waals surface area contributed by atoms with Crippen LogP contribution in [0.15, 0.2) is 47.5 Å². The average molecular weight is 829 g/mol. The fourth-order valence-corrected chi connectivity index (χ4v) is 9.72. The Hall–Kier alpha value is -3.63. The average Bonchev–Trinajstić information content (AvgIpc) is 3.16. The summed E-state index contributed by atoms with van der Waals surface area (Å²) in [7, 11) is 0. The first-order chi connectivity index (χ1) is 27.2. The number of anilines is 4. The smallest absolute Gasteiger partial charge is 0.371 e. The molecule has 3 aromatic rings. The van der Waals surface area contributed by atoms with Crippen LogP contribution in [0, 0.1) is 18.8 Å². The van der Waals surface area contributed by atoms with Crippen molar-refractivity contribution in [2.75, 3.05) is 74.1 Å². The molecule has 4 saturated heterocycles. The molecule has 5 heterocycles. The van der Waals surface area contributed by atoms with Crippen molar-refractivity contribution >= 4 is 58.5 Å². The summed E-state index contributed by atoms with van der Waals surface area (Å²) in [4.78, 5) is 40.0. The lowest BCUT2D eigenvalue weighted by Crippen LogP contribution is -2.55. The molecular formula is C41H52ClF3N8O3S. The Kier molecular flexibility index (Phi) is 12.9. The van der Waals surface area contributed by atoms with Crippen LogP contribution in [0.1, 0.15) is 75.0 Å². The quantitative estimate of drug-likeness (QED) is 0.132. The van der Waals surface area contributed by atoms with Gasteiger partial charge in [0.25, 0.3) is 0 Å². The number of piperidine rings is 3. The van der Waals surface area contributed by atoms with Gasteiger partial charge in [-0.05, 0) is 111 Å². The highest BCUT2D eigenvalue weighted by Gasteiger charge is 2.38. The Bertz CT molecular complexity index is 1930. The van der Waals surface area contributed by atoms with Gasteiger partial charge in [-0.3, -0.25) is 24.5 Å². The largest absolute Gasteiger partial charge is 0.421 e. The lowest BCUT2D eigenvalue weighted by Gasteiger charge is -2.43. The van der Waals surface area contributed by atoms with E-state index in [-0.39, 0.29) is 29.2 Å². The number of nitrogens with one attached hydrogen (secondary N) is 3. The Morgan fingerprint density at radius 1 is 1.05 bits per heavy atom. The van der Waals surface area contributed by atoms with Gasteiger partial charge >= 0.3 is 6.18 Å². The van der Waals surface area contributed by atoms with E-state index in [9.17, 15) is 22.8 Å². The van der Waals surface area contributed by atoms with Gasteiger partial charge in [0.2, 0.25) is 17.8 Å². The number of imide groups is 1. The van der Waals surface area contributed by atoms with Crippen molar-refractivity contribution in [3.05, 3.63) is 64.3 Å². The lowest BCUT2D eigenvalue weighted by molar-refractivity contribution is -0.138. The summed E-state index contributed by atoms with van der Waals surface area (Å²) < 4.78 is 51.5. The molecule has 2 aromatic carbocycles. The Morgan fingerprint density at radius 3 is 2.58 bits per heavy atom. The third-order valence-electron chi connectivity index (χ3n) is 11.6. The van der Waals surface area contributed by atoms with Crippen molar-refractivity contribution in [1.82, 2.24) is 24.9 Å². The number of carbonyl (C=O) groups is 2. The Balaban J connectivity index is 0.875. The normalized spacial score (nSPS) is 24.1. The predicted molar refractivity (Wildman–Crippen MR) is 218 cm³/mol. The Labute approximate surface area is 342 Å². The van der Waals surface area contributed by atoms with Crippen molar-refractivity contribution in [2.45, 2.75) is 81.9 Å². The zero-order valence-corrected chi connectivity index (χ0v) is 34.3. The summed E-state index contributed by atoms with van der Waals surface area (Å²) >= 11 is 8.20. The van der Waals surface area contributed by atoms with E-state index in [0.717, 1.165) is 92.0 Å². The van der Waals surface area contributed by atoms with E-state index in [1.54, 1.807) is 4.90 Å². The summed E-state index contributed by atoms with van der Waals surface area (Å²) in [6.45, 7) is 13.2. The standard InChI is InChI=1S/C41H52ClF3N8O3S/c1-26-5-4-14-53(22-26)37-33(41(43,44)45)21-46-39(50-37)48-35-10-7-30(19-27(35)2)57-47-24-40(3)25-51(17-18-56-40)23-28-12-15-52(16-13-28)29-6-8-31(34(42)20-29)32-9-11-36(54)49-38(32)55/h6-8,10,19-21,26,28,32,47H,4-5,9,11-18,22-25H2,1-3H3,(H,46,48,50)(H,49,54,55). The third-order valence-corrected chi connectivity index (χ3v) is 12.7. The topological polar surface area (TPSA) is 115 Å². The number of benzene rings is 2. The minimum absolute atomic E-state index is 0.0681. The van der Waals surface area contributed by atoms with E-state index in [1.807, 2.05) is 43.3 Å². The van der Waals surface area contributed by atoms with Crippen LogP contribution in [-0.4, -0.2) is 91.2 Å². The van der Waals surface area contributed by atoms with Crippen molar-refractivity contribution in [3.63, 3.8) is 0 Å². The molecule has 3 atom stereocenters. The molecule has 7 rings (SSSR count). The molecule has 308 valence electrons. The number of nitrogens with zero attached hydrogens (tertiary/aromatic N) is 5. The molecule has 11 nitrogen and oxygen atoms in total. The number of hydrogen-bond donors (Lipinski definition) is 3. The maximum atomic E-state index is 13.9. The summed E-state index contributed by atoms with van der Waals surface area (Å²) in [6, 6.07) is 11.8. The number of alkyl halides is 3. The van der Waals surface area contributed by atoms with Gasteiger partial charge in [-0.25, -0.2) is 4.98 Å². The maximum Gasteiger partial charge on any atom is 0.421 e. The molecule has 0 aliphatic carbocycles. The van der Waals surface area contributed by atoms with Crippen LogP contribution in [0.25, 0.3) is 0 Å². The van der Waals surface area contributed by atoms with Gasteiger partial charge in [0, 0.05) is 86.3 Å². The first-order valence-corrected chi connectivity index (χ1v) is 21.1. The highest BCUT2D eigenvalue weighted by Crippen LogP contribution is 2.38. The SMILES string of the molecule is Cc1cc(SNCC2(C)CN(CC3CCN(c4ccc(C5CCC(=O)NC5=O)c(Cl)c4)CC3)CCO2)ccc1Nc1ncc(C(F)(F)F)c(N2CCCC(C)C2)n1. The van der Waals surface area contributed by atoms with Gasteiger partial charge in [-0.2, -0.15) is 18.2 Å². The molecule has 0 saturated carbocycles.